The molecule has 0 radical (unpaired) electrons. The molecule has 1 heterocycles. The lowest BCUT2D eigenvalue weighted by molar-refractivity contribution is 0.0945. The fourth-order valence-corrected chi connectivity index (χ4v) is 1.90. The van der Waals surface area contributed by atoms with Crippen LogP contribution in [0.25, 0.3) is 11.3 Å². The fraction of sp³-hybridized carbons (Fsp3) is 0.176. The Morgan fingerprint density at radius 3 is 2.48 bits per heavy atom. The number of aromatic nitrogens is 1. The molecule has 0 aliphatic rings. The van der Waals surface area contributed by atoms with Crippen molar-refractivity contribution < 1.29 is 4.79 Å². The molecule has 0 aliphatic carbocycles. The van der Waals surface area contributed by atoms with Gasteiger partial charge in [-0.2, -0.15) is 0 Å². The third-order valence-corrected chi connectivity index (χ3v) is 3.23. The number of nitrogens with one attached hydrogen (secondary N) is 2. The minimum Gasteiger partial charge on any atom is -0.346 e. The third kappa shape index (κ3) is 3.48. The van der Waals surface area contributed by atoms with Crippen LogP contribution in [0.15, 0.2) is 53.8 Å². The van der Waals surface area contributed by atoms with Gasteiger partial charge in [0.1, 0.15) is 5.56 Å². The Balaban J connectivity index is 2.29. The van der Waals surface area contributed by atoms with E-state index in [9.17, 15) is 9.59 Å². The van der Waals surface area contributed by atoms with E-state index in [1.54, 1.807) is 25.1 Å². The number of aromatic amines is 1. The van der Waals surface area contributed by atoms with Crippen LogP contribution < -0.4 is 10.9 Å². The van der Waals surface area contributed by atoms with Crippen molar-refractivity contribution in [3.63, 3.8) is 0 Å². The molecule has 0 spiro atoms. The minimum absolute atomic E-state index is 0.0968. The standard InChI is InChI=1S/C17H18N2O2/c1-4-12(3)18-16(20)14-9-10-15(19-17(14)21)13-7-5-11(2)6-8-13/h4-10,12H,1H2,2-3H3,(H,18,20)(H,19,21)/t12-/m1/s1. The van der Waals surface area contributed by atoms with Crippen LogP contribution in [0.3, 0.4) is 0 Å². The minimum atomic E-state index is -0.404. The highest BCUT2D eigenvalue weighted by Gasteiger charge is 2.12. The van der Waals surface area contributed by atoms with Crippen molar-refractivity contribution in [3.8, 4) is 11.3 Å². The van der Waals surface area contributed by atoms with Crippen molar-refractivity contribution in [2.45, 2.75) is 19.9 Å². The number of carbonyl (C=O) groups excluding carboxylic acids is 1. The van der Waals surface area contributed by atoms with E-state index in [4.69, 9.17) is 0 Å². The zero-order valence-electron chi connectivity index (χ0n) is 12.1. The Hall–Kier alpha value is -2.62. The quantitative estimate of drug-likeness (QED) is 0.847. The predicted octanol–water partition coefficient (Wildman–Crippen LogP) is 2.65. The van der Waals surface area contributed by atoms with Gasteiger partial charge >= 0.3 is 0 Å². The molecule has 1 aromatic carbocycles. The summed E-state index contributed by atoms with van der Waals surface area (Å²) in [7, 11) is 0. The Labute approximate surface area is 123 Å². The van der Waals surface area contributed by atoms with E-state index < -0.39 is 11.5 Å². The highest BCUT2D eigenvalue weighted by atomic mass is 16.2. The predicted molar refractivity (Wildman–Crippen MR) is 84.4 cm³/mol. The molecule has 2 rings (SSSR count). The van der Waals surface area contributed by atoms with E-state index in [1.165, 1.54) is 0 Å². The lowest BCUT2D eigenvalue weighted by Gasteiger charge is -2.09. The molecule has 0 unspecified atom stereocenters. The molecule has 4 nitrogen and oxygen atoms in total. The molecule has 0 saturated carbocycles. The molecule has 21 heavy (non-hydrogen) atoms. The summed E-state index contributed by atoms with van der Waals surface area (Å²) in [4.78, 5) is 26.7. The summed E-state index contributed by atoms with van der Waals surface area (Å²) in [5.74, 6) is -0.404. The van der Waals surface area contributed by atoms with Gasteiger partial charge in [-0.05, 0) is 31.5 Å². The van der Waals surface area contributed by atoms with Crippen LogP contribution in [0.1, 0.15) is 22.8 Å². The van der Waals surface area contributed by atoms with Gasteiger partial charge in [0.25, 0.3) is 11.5 Å². The maximum Gasteiger partial charge on any atom is 0.261 e. The average molecular weight is 282 g/mol. The molecule has 0 saturated heterocycles. The lowest BCUT2D eigenvalue weighted by atomic mass is 10.1. The van der Waals surface area contributed by atoms with Crippen LogP contribution in [0.2, 0.25) is 0 Å². The van der Waals surface area contributed by atoms with E-state index >= 15 is 0 Å². The number of carbonyl (C=O) groups is 1. The molecule has 4 heteroatoms. The molecule has 1 atom stereocenters. The highest BCUT2D eigenvalue weighted by molar-refractivity contribution is 5.94. The average Bonchev–Trinajstić information content (AvgIpc) is 2.47. The summed E-state index contributed by atoms with van der Waals surface area (Å²) in [6.45, 7) is 7.38. The van der Waals surface area contributed by atoms with Crippen LogP contribution in [-0.4, -0.2) is 16.9 Å². The number of amides is 1. The summed E-state index contributed by atoms with van der Waals surface area (Å²) in [5.41, 5.74) is 2.44. The molecule has 0 fully saturated rings. The van der Waals surface area contributed by atoms with Crippen molar-refractivity contribution in [1.82, 2.24) is 10.3 Å². The Kier molecular flexibility index (Phi) is 4.38. The topological polar surface area (TPSA) is 62.0 Å². The van der Waals surface area contributed by atoms with E-state index in [1.807, 2.05) is 31.2 Å². The molecular weight excluding hydrogens is 264 g/mol. The van der Waals surface area contributed by atoms with E-state index in [-0.39, 0.29) is 11.6 Å². The van der Waals surface area contributed by atoms with Crippen LogP contribution >= 0.6 is 0 Å². The van der Waals surface area contributed by atoms with Crippen molar-refractivity contribution >= 4 is 5.91 Å². The normalized spacial score (nSPS) is 11.7. The zero-order chi connectivity index (χ0) is 15.4. The molecule has 1 aromatic heterocycles. The number of aryl methyl sites for hydroxylation is 1. The number of H-pyrrole nitrogens is 1. The monoisotopic (exact) mass is 282 g/mol. The smallest absolute Gasteiger partial charge is 0.261 e. The van der Waals surface area contributed by atoms with Crippen LogP contribution in [0, 0.1) is 6.92 Å². The number of rotatable bonds is 4. The molecular formula is C17H18N2O2. The van der Waals surface area contributed by atoms with E-state index in [0.717, 1.165) is 11.1 Å². The summed E-state index contributed by atoms with van der Waals surface area (Å²) in [5, 5.41) is 2.68. The van der Waals surface area contributed by atoms with Gasteiger partial charge in [0, 0.05) is 11.7 Å². The molecule has 0 bridgehead atoms. The second kappa shape index (κ2) is 6.22. The Morgan fingerprint density at radius 1 is 1.24 bits per heavy atom. The maximum atomic E-state index is 12.0. The second-order valence-electron chi connectivity index (χ2n) is 4.98. The van der Waals surface area contributed by atoms with Gasteiger partial charge in [0.2, 0.25) is 0 Å². The first-order valence-corrected chi connectivity index (χ1v) is 6.75. The summed E-state index contributed by atoms with van der Waals surface area (Å²) in [6, 6.07) is 10.9. The largest absolute Gasteiger partial charge is 0.346 e. The summed E-state index contributed by atoms with van der Waals surface area (Å²) in [6.07, 6.45) is 1.60. The van der Waals surface area contributed by atoms with Gasteiger partial charge in [0.05, 0.1) is 0 Å². The van der Waals surface area contributed by atoms with Crippen molar-refractivity contribution in [1.29, 1.82) is 0 Å². The molecule has 0 aliphatic heterocycles. The fourth-order valence-electron chi connectivity index (χ4n) is 1.90. The van der Waals surface area contributed by atoms with Gasteiger partial charge in [0.15, 0.2) is 0 Å². The molecule has 2 N–H and O–H groups in total. The maximum absolute atomic E-state index is 12.0. The first-order chi connectivity index (χ1) is 10.0. The Bertz CT molecular complexity index is 714. The van der Waals surface area contributed by atoms with Gasteiger partial charge in [-0.3, -0.25) is 9.59 Å². The first kappa shape index (κ1) is 14.8. The first-order valence-electron chi connectivity index (χ1n) is 6.75. The highest BCUT2D eigenvalue weighted by Crippen LogP contribution is 2.16. The van der Waals surface area contributed by atoms with Crippen LogP contribution in [0.5, 0.6) is 0 Å². The summed E-state index contributed by atoms with van der Waals surface area (Å²) < 4.78 is 0. The number of hydrogen-bond acceptors (Lipinski definition) is 2. The Morgan fingerprint density at radius 2 is 1.90 bits per heavy atom. The number of hydrogen-bond donors (Lipinski definition) is 2. The van der Waals surface area contributed by atoms with E-state index in [2.05, 4.69) is 16.9 Å². The van der Waals surface area contributed by atoms with Crippen LogP contribution in [-0.2, 0) is 0 Å². The van der Waals surface area contributed by atoms with Crippen molar-refractivity contribution in [2.75, 3.05) is 0 Å². The van der Waals surface area contributed by atoms with Gasteiger partial charge in [-0.25, -0.2) is 0 Å². The molecule has 2 aromatic rings. The number of benzene rings is 1. The zero-order valence-corrected chi connectivity index (χ0v) is 12.1. The number of pyridine rings is 1. The SMILES string of the molecule is C=C[C@@H](C)NC(=O)c1ccc(-c2ccc(C)cc2)[nH]c1=O. The molecule has 108 valence electrons. The van der Waals surface area contributed by atoms with Gasteiger partial charge in [-0.1, -0.05) is 35.9 Å². The van der Waals surface area contributed by atoms with Gasteiger partial charge < -0.3 is 10.3 Å². The second-order valence-corrected chi connectivity index (χ2v) is 4.98. The van der Waals surface area contributed by atoms with Crippen molar-refractivity contribution in [2.24, 2.45) is 0 Å². The van der Waals surface area contributed by atoms with E-state index in [0.29, 0.717) is 5.69 Å². The van der Waals surface area contributed by atoms with Crippen LogP contribution in [0.4, 0.5) is 0 Å². The van der Waals surface area contributed by atoms with Crippen molar-refractivity contribution in [3.05, 3.63) is 70.5 Å². The summed E-state index contributed by atoms with van der Waals surface area (Å²) >= 11 is 0. The van der Waals surface area contributed by atoms with Gasteiger partial charge in [-0.15, -0.1) is 6.58 Å². The lowest BCUT2D eigenvalue weighted by Crippen LogP contribution is -2.34. The molecule has 1 amide bonds. The third-order valence-electron chi connectivity index (χ3n) is 3.23.